The van der Waals surface area contributed by atoms with E-state index in [1.54, 1.807) is 19.2 Å². The first kappa shape index (κ1) is 22.6. The highest BCUT2D eigenvalue weighted by Gasteiger charge is 2.25. The fraction of sp³-hybridized carbons (Fsp3) is 0.400. The van der Waals surface area contributed by atoms with Crippen LogP contribution >= 0.6 is 0 Å². The molecule has 2 aromatic carbocycles. The summed E-state index contributed by atoms with van der Waals surface area (Å²) in [5, 5.41) is 5.89. The van der Waals surface area contributed by atoms with Crippen LogP contribution in [0.25, 0.3) is 11.0 Å². The quantitative estimate of drug-likeness (QED) is 0.597. The van der Waals surface area contributed by atoms with Gasteiger partial charge in [-0.05, 0) is 43.0 Å². The van der Waals surface area contributed by atoms with Crippen LogP contribution in [0.15, 0.2) is 53.3 Å². The molecule has 2 N–H and O–H groups in total. The first-order chi connectivity index (χ1) is 16.0. The van der Waals surface area contributed by atoms with Gasteiger partial charge in [0.1, 0.15) is 5.75 Å². The zero-order valence-electron chi connectivity index (χ0n) is 19.4. The van der Waals surface area contributed by atoms with E-state index < -0.39 is 0 Å². The van der Waals surface area contributed by atoms with Gasteiger partial charge in [0.15, 0.2) is 5.82 Å². The summed E-state index contributed by atoms with van der Waals surface area (Å²) in [7, 11) is 1.57. The number of para-hydroxylation sites is 4. The Morgan fingerprint density at radius 2 is 1.82 bits per heavy atom. The number of hydrogen-bond acceptors (Lipinski definition) is 5. The van der Waals surface area contributed by atoms with Gasteiger partial charge < -0.3 is 24.8 Å². The number of hydrogen-bond donors (Lipinski definition) is 2. The van der Waals surface area contributed by atoms with E-state index in [0.29, 0.717) is 42.8 Å². The maximum absolute atomic E-state index is 13.3. The fourth-order valence-electron chi connectivity index (χ4n) is 4.26. The Morgan fingerprint density at radius 1 is 1.12 bits per heavy atom. The van der Waals surface area contributed by atoms with Crippen molar-refractivity contribution in [2.24, 2.45) is 5.92 Å². The molecule has 174 valence electrons. The highest BCUT2D eigenvalue weighted by Crippen LogP contribution is 2.23. The molecule has 2 heterocycles. The van der Waals surface area contributed by atoms with E-state index in [2.05, 4.69) is 24.5 Å². The molecule has 8 heteroatoms. The summed E-state index contributed by atoms with van der Waals surface area (Å²) in [5.74, 6) is 1.45. The van der Waals surface area contributed by atoms with E-state index >= 15 is 0 Å². The van der Waals surface area contributed by atoms with E-state index in [0.717, 1.165) is 23.9 Å². The van der Waals surface area contributed by atoms with Crippen LogP contribution in [-0.4, -0.2) is 41.8 Å². The Morgan fingerprint density at radius 3 is 2.55 bits per heavy atom. The summed E-state index contributed by atoms with van der Waals surface area (Å²) in [6.07, 6.45) is 1.47. The summed E-state index contributed by atoms with van der Waals surface area (Å²) in [6, 6.07) is 14.8. The van der Waals surface area contributed by atoms with Crippen LogP contribution in [0.4, 0.5) is 16.3 Å². The van der Waals surface area contributed by atoms with Gasteiger partial charge in [0.2, 0.25) is 0 Å². The molecule has 0 bridgehead atoms. The number of urea groups is 1. The van der Waals surface area contributed by atoms with Gasteiger partial charge in [0, 0.05) is 25.7 Å². The lowest BCUT2D eigenvalue weighted by atomic mass is 10.1. The van der Waals surface area contributed by atoms with Crippen LogP contribution in [0.1, 0.15) is 26.7 Å². The Kier molecular flexibility index (Phi) is 6.82. The second kappa shape index (κ2) is 9.94. The molecule has 0 saturated carbocycles. The maximum atomic E-state index is 13.3. The van der Waals surface area contributed by atoms with Crippen molar-refractivity contribution >= 4 is 28.6 Å². The van der Waals surface area contributed by atoms with Crippen LogP contribution in [0.5, 0.6) is 5.75 Å². The average molecular weight is 450 g/mol. The van der Waals surface area contributed by atoms with Gasteiger partial charge in [0.25, 0.3) is 5.56 Å². The molecule has 0 spiro atoms. The summed E-state index contributed by atoms with van der Waals surface area (Å²) < 4.78 is 7.13. The van der Waals surface area contributed by atoms with Crippen molar-refractivity contribution in [2.75, 3.05) is 30.4 Å². The Bertz CT molecular complexity index is 1180. The number of fused-ring (bicyclic) bond motifs is 1. The number of carbonyl (C=O) groups excluding carboxylic acids is 1. The van der Waals surface area contributed by atoms with Crippen molar-refractivity contribution in [2.45, 2.75) is 39.3 Å². The highest BCUT2D eigenvalue weighted by atomic mass is 16.5. The number of anilines is 2. The smallest absolute Gasteiger partial charge is 0.319 e. The van der Waals surface area contributed by atoms with Crippen molar-refractivity contribution in [3.8, 4) is 5.75 Å². The zero-order valence-corrected chi connectivity index (χ0v) is 19.4. The second-order valence-corrected chi connectivity index (χ2v) is 8.79. The van der Waals surface area contributed by atoms with E-state index in [1.165, 1.54) is 0 Å². The molecule has 1 saturated heterocycles. The molecule has 1 aromatic heterocycles. The standard InChI is InChI=1S/C25H31N5O3/c1-17(2)16-30-21-10-6-4-8-19(21)27-23(24(30)31)29-14-12-18(13-15-29)26-25(32)28-20-9-5-7-11-22(20)33-3/h4-11,17-18H,12-16H2,1-3H3,(H2,26,28,32). The topological polar surface area (TPSA) is 88.5 Å². The van der Waals surface area contributed by atoms with Crippen molar-refractivity contribution in [3.63, 3.8) is 0 Å². The molecule has 0 atom stereocenters. The number of aromatic nitrogens is 2. The minimum Gasteiger partial charge on any atom is -0.495 e. The maximum Gasteiger partial charge on any atom is 0.319 e. The lowest BCUT2D eigenvalue weighted by molar-refractivity contribution is 0.246. The number of amides is 2. The highest BCUT2D eigenvalue weighted by molar-refractivity contribution is 5.91. The molecule has 1 fully saturated rings. The molecule has 8 nitrogen and oxygen atoms in total. The van der Waals surface area contributed by atoms with Crippen LogP contribution in [0.3, 0.4) is 0 Å². The van der Waals surface area contributed by atoms with E-state index in [4.69, 9.17) is 9.72 Å². The second-order valence-electron chi connectivity index (χ2n) is 8.79. The molecular formula is C25H31N5O3. The molecule has 4 rings (SSSR count). The van der Waals surface area contributed by atoms with Gasteiger partial charge in [-0.25, -0.2) is 9.78 Å². The molecular weight excluding hydrogens is 418 g/mol. The van der Waals surface area contributed by atoms with Gasteiger partial charge in [-0.3, -0.25) is 4.79 Å². The number of nitrogens with zero attached hydrogens (tertiary/aromatic N) is 3. The van der Waals surface area contributed by atoms with Crippen molar-refractivity contribution < 1.29 is 9.53 Å². The SMILES string of the molecule is COc1ccccc1NC(=O)NC1CCN(c2nc3ccccc3n(CC(C)C)c2=O)CC1. The molecule has 33 heavy (non-hydrogen) atoms. The van der Waals surface area contributed by atoms with Crippen LogP contribution in [0, 0.1) is 5.92 Å². The summed E-state index contributed by atoms with van der Waals surface area (Å²) in [5.41, 5.74) is 2.26. The van der Waals surface area contributed by atoms with Crippen molar-refractivity contribution in [1.82, 2.24) is 14.9 Å². The average Bonchev–Trinajstić information content (AvgIpc) is 2.81. The van der Waals surface area contributed by atoms with Crippen LogP contribution < -0.4 is 25.8 Å². The Labute approximate surface area is 193 Å². The number of methoxy groups -OCH3 is 1. The van der Waals surface area contributed by atoms with Gasteiger partial charge in [-0.1, -0.05) is 38.1 Å². The first-order valence-corrected chi connectivity index (χ1v) is 11.4. The lowest BCUT2D eigenvalue weighted by Crippen LogP contribution is -2.47. The minimum atomic E-state index is -0.263. The van der Waals surface area contributed by atoms with Gasteiger partial charge in [0.05, 0.1) is 23.8 Å². The fourth-order valence-corrected chi connectivity index (χ4v) is 4.26. The van der Waals surface area contributed by atoms with E-state index in [-0.39, 0.29) is 17.6 Å². The predicted octanol–water partition coefficient (Wildman–Crippen LogP) is 3.85. The lowest BCUT2D eigenvalue weighted by Gasteiger charge is -2.33. The van der Waals surface area contributed by atoms with Gasteiger partial charge in [-0.2, -0.15) is 0 Å². The van der Waals surface area contributed by atoms with Gasteiger partial charge in [-0.15, -0.1) is 0 Å². The van der Waals surface area contributed by atoms with Crippen molar-refractivity contribution in [3.05, 3.63) is 58.9 Å². The number of rotatable bonds is 6. The van der Waals surface area contributed by atoms with Crippen molar-refractivity contribution in [1.29, 1.82) is 0 Å². The van der Waals surface area contributed by atoms with Crippen LogP contribution in [-0.2, 0) is 6.54 Å². The number of benzene rings is 2. The van der Waals surface area contributed by atoms with Gasteiger partial charge >= 0.3 is 6.03 Å². The molecule has 0 radical (unpaired) electrons. The Balaban J connectivity index is 1.44. The van der Waals surface area contributed by atoms with Crippen LogP contribution in [0.2, 0.25) is 0 Å². The molecule has 3 aromatic rings. The monoisotopic (exact) mass is 449 g/mol. The number of piperidine rings is 1. The third kappa shape index (κ3) is 5.10. The first-order valence-electron chi connectivity index (χ1n) is 11.4. The molecule has 1 aliphatic heterocycles. The zero-order chi connectivity index (χ0) is 23.4. The number of carbonyl (C=O) groups is 1. The van der Waals surface area contributed by atoms with E-state index in [1.807, 2.05) is 45.9 Å². The summed E-state index contributed by atoms with van der Waals surface area (Å²) >= 11 is 0. The third-order valence-electron chi connectivity index (χ3n) is 5.87. The normalized spacial score (nSPS) is 14.5. The predicted molar refractivity (Wildman–Crippen MR) is 131 cm³/mol. The minimum absolute atomic E-state index is 0.0225. The Hall–Kier alpha value is -3.55. The number of nitrogens with one attached hydrogen (secondary N) is 2. The van der Waals surface area contributed by atoms with E-state index in [9.17, 15) is 9.59 Å². The third-order valence-corrected chi connectivity index (χ3v) is 5.87. The largest absolute Gasteiger partial charge is 0.495 e. The number of ether oxygens (including phenoxy) is 1. The molecule has 1 aliphatic rings. The molecule has 0 unspecified atom stereocenters. The molecule has 0 aliphatic carbocycles. The molecule has 2 amide bonds. The summed E-state index contributed by atoms with van der Waals surface area (Å²) in [4.78, 5) is 32.5. The summed E-state index contributed by atoms with van der Waals surface area (Å²) in [6.45, 7) is 6.17.